The molecule has 102 valence electrons. The van der Waals surface area contributed by atoms with Crippen molar-refractivity contribution < 1.29 is 19.4 Å². The Kier molecular flexibility index (Phi) is 3.59. The highest BCUT2D eigenvalue weighted by molar-refractivity contribution is 6.00. The number of aromatic hydroxyl groups is 1. The van der Waals surface area contributed by atoms with E-state index in [-0.39, 0.29) is 29.1 Å². The third-order valence-electron chi connectivity index (χ3n) is 3.28. The van der Waals surface area contributed by atoms with Crippen molar-refractivity contribution in [2.75, 3.05) is 25.9 Å². The van der Waals surface area contributed by atoms with Crippen LogP contribution in [0, 0.1) is 5.92 Å². The largest absolute Gasteiger partial charge is 0.508 e. The molecule has 19 heavy (non-hydrogen) atoms. The van der Waals surface area contributed by atoms with Crippen LogP contribution in [0.3, 0.4) is 0 Å². The molecule has 1 unspecified atom stereocenters. The average molecular weight is 264 g/mol. The molecule has 1 aliphatic rings. The minimum absolute atomic E-state index is 0.0127. The van der Waals surface area contributed by atoms with Gasteiger partial charge < -0.3 is 20.5 Å². The second-order valence-electron chi connectivity index (χ2n) is 4.53. The smallest absolute Gasteiger partial charge is 0.310 e. The SMILES string of the molecule is COC(=O)C1CCN(C(=O)c2cc(O)ccc2N)C1. The van der Waals surface area contributed by atoms with Crippen molar-refractivity contribution in [3.8, 4) is 5.75 Å². The predicted octanol–water partition coefficient (Wildman–Crippen LogP) is 0.610. The zero-order valence-corrected chi connectivity index (χ0v) is 10.6. The van der Waals surface area contributed by atoms with Crippen molar-refractivity contribution in [2.45, 2.75) is 6.42 Å². The van der Waals surface area contributed by atoms with Crippen LogP contribution in [-0.4, -0.2) is 42.1 Å². The molecule has 1 saturated heterocycles. The Balaban J connectivity index is 2.13. The van der Waals surface area contributed by atoms with Gasteiger partial charge in [0.1, 0.15) is 5.75 Å². The van der Waals surface area contributed by atoms with Crippen LogP contribution in [0.25, 0.3) is 0 Å². The van der Waals surface area contributed by atoms with Crippen LogP contribution in [0.1, 0.15) is 16.8 Å². The maximum atomic E-state index is 12.3. The molecule has 2 rings (SSSR count). The lowest BCUT2D eigenvalue weighted by Gasteiger charge is -2.17. The topological polar surface area (TPSA) is 92.9 Å². The molecule has 1 fully saturated rings. The fraction of sp³-hybridized carbons (Fsp3) is 0.385. The molecule has 0 radical (unpaired) electrons. The maximum Gasteiger partial charge on any atom is 0.310 e. The Hall–Kier alpha value is -2.24. The molecular weight excluding hydrogens is 248 g/mol. The van der Waals surface area contributed by atoms with Crippen molar-refractivity contribution >= 4 is 17.6 Å². The van der Waals surface area contributed by atoms with Crippen LogP contribution < -0.4 is 5.73 Å². The van der Waals surface area contributed by atoms with Crippen LogP contribution >= 0.6 is 0 Å². The number of hydrogen-bond acceptors (Lipinski definition) is 5. The number of amides is 1. The number of hydrogen-bond donors (Lipinski definition) is 2. The number of carbonyl (C=O) groups is 2. The van der Waals surface area contributed by atoms with Gasteiger partial charge in [-0.25, -0.2) is 0 Å². The van der Waals surface area contributed by atoms with E-state index in [2.05, 4.69) is 4.74 Å². The molecule has 1 heterocycles. The molecular formula is C13H16N2O4. The molecule has 0 aliphatic carbocycles. The summed E-state index contributed by atoms with van der Waals surface area (Å²) in [6.45, 7) is 0.800. The van der Waals surface area contributed by atoms with Gasteiger partial charge in [0, 0.05) is 18.8 Å². The first-order chi connectivity index (χ1) is 9.02. The summed E-state index contributed by atoms with van der Waals surface area (Å²) in [6.07, 6.45) is 0.580. The number of likely N-dealkylation sites (tertiary alicyclic amines) is 1. The summed E-state index contributed by atoms with van der Waals surface area (Å²) >= 11 is 0. The monoisotopic (exact) mass is 264 g/mol. The second-order valence-corrected chi connectivity index (χ2v) is 4.53. The Morgan fingerprint density at radius 2 is 2.21 bits per heavy atom. The molecule has 1 amide bonds. The Morgan fingerprint density at radius 1 is 1.47 bits per heavy atom. The molecule has 1 aliphatic heterocycles. The number of nitrogen functional groups attached to an aromatic ring is 1. The summed E-state index contributed by atoms with van der Waals surface area (Å²) in [7, 11) is 1.33. The standard InChI is InChI=1S/C13H16N2O4/c1-19-13(18)8-4-5-15(7-8)12(17)10-6-9(16)2-3-11(10)14/h2-3,6,8,16H,4-5,7,14H2,1H3. The first-order valence-electron chi connectivity index (χ1n) is 5.98. The lowest BCUT2D eigenvalue weighted by Crippen LogP contribution is -2.30. The van der Waals surface area contributed by atoms with Crippen LogP contribution in [0.5, 0.6) is 5.75 Å². The third-order valence-corrected chi connectivity index (χ3v) is 3.28. The molecule has 0 spiro atoms. The van der Waals surface area contributed by atoms with Gasteiger partial charge in [-0.15, -0.1) is 0 Å². The second kappa shape index (κ2) is 5.17. The number of rotatable bonds is 2. The molecule has 0 bridgehead atoms. The van der Waals surface area contributed by atoms with Gasteiger partial charge in [0.2, 0.25) is 0 Å². The number of nitrogens with zero attached hydrogens (tertiary/aromatic N) is 1. The van der Waals surface area contributed by atoms with Gasteiger partial charge in [0.25, 0.3) is 5.91 Å². The van der Waals surface area contributed by atoms with Crippen LogP contribution in [0.4, 0.5) is 5.69 Å². The molecule has 6 heteroatoms. The van der Waals surface area contributed by atoms with Crippen molar-refractivity contribution in [2.24, 2.45) is 5.92 Å². The summed E-state index contributed by atoms with van der Waals surface area (Å²) in [6, 6.07) is 4.24. The highest BCUT2D eigenvalue weighted by Gasteiger charge is 2.32. The van der Waals surface area contributed by atoms with Crippen LogP contribution in [0.2, 0.25) is 0 Å². The highest BCUT2D eigenvalue weighted by atomic mass is 16.5. The summed E-state index contributed by atoms with van der Waals surface area (Å²) in [5, 5.41) is 9.41. The Labute approximate surface area is 110 Å². The van der Waals surface area contributed by atoms with E-state index in [4.69, 9.17) is 5.73 Å². The highest BCUT2D eigenvalue weighted by Crippen LogP contribution is 2.24. The fourth-order valence-corrected chi connectivity index (χ4v) is 2.20. The van der Waals surface area contributed by atoms with E-state index in [1.54, 1.807) is 4.90 Å². The number of ether oxygens (including phenoxy) is 1. The zero-order valence-electron chi connectivity index (χ0n) is 10.6. The van der Waals surface area contributed by atoms with E-state index in [9.17, 15) is 14.7 Å². The van der Waals surface area contributed by atoms with Gasteiger partial charge in [-0.3, -0.25) is 9.59 Å². The molecule has 6 nitrogen and oxygen atoms in total. The molecule has 1 aromatic rings. The van der Waals surface area contributed by atoms with Gasteiger partial charge in [-0.05, 0) is 24.6 Å². The summed E-state index contributed by atoms with van der Waals surface area (Å²) in [4.78, 5) is 25.2. The number of esters is 1. The number of benzene rings is 1. The van der Waals surface area contributed by atoms with Crippen molar-refractivity contribution in [3.63, 3.8) is 0 Å². The van der Waals surface area contributed by atoms with Gasteiger partial charge in [-0.2, -0.15) is 0 Å². The first-order valence-corrected chi connectivity index (χ1v) is 5.98. The van der Waals surface area contributed by atoms with Gasteiger partial charge in [-0.1, -0.05) is 0 Å². The first kappa shape index (κ1) is 13.2. The average Bonchev–Trinajstić information content (AvgIpc) is 2.89. The molecule has 3 N–H and O–H groups in total. The van der Waals surface area contributed by atoms with Crippen molar-refractivity contribution in [1.82, 2.24) is 4.90 Å². The van der Waals surface area contributed by atoms with E-state index in [1.165, 1.54) is 25.3 Å². The number of carbonyl (C=O) groups excluding carboxylic acids is 2. The molecule has 1 atom stereocenters. The lowest BCUT2D eigenvalue weighted by atomic mass is 10.1. The van der Waals surface area contributed by atoms with E-state index >= 15 is 0 Å². The van der Waals surface area contributed by atoms with E-state index in [0.29, 0.717) is 25.2 Å². The number of phenols is 1. The minimum Gasteiger partial charge on any atom is -0.508 e. The normalized spacial score (nSPS) is 18.4. The van der Waals surface area contributed by atoms with Crippen LogP contribution in [-0.2, 0) is 9.53 Å². The predicted molar refractivity (Wildman–Crippen MR) is 68.5 cm³/mol. The number of anilines is 1. The summed E-state index contributed by atoms with van der Waals surface area (Å²) < 4.78 is 4.67. The number of phenolic OH excluding ortho intramolecular Hbond substituents is 1. The van der Waals surface area contributed by atoms with Gasteiger partial charge in [0.05, 0.1) is 18.6 Å². The molecule has 0 saturated carbocycles. The Bertz CT molecular complexity index is 515. The molecule has 1 aromatic carbocycles. The number of methoxy groups -OCH3 is 1. The van der Waals surface area contributed by atoms with Crippen molar-refractivity contribution in [3.05, 3.63) is 23.8 Å². The minimum atomic E-state index is -0.306. The Morgan fingerprint density at radius 3 is 2.89 bits per heavy atom. The van der Waals surface area contributed by atoms with E-state index in [1.807, 2.05) is 0 Å². The summed E-state index contributed by atoms with van der Waals surface area (Å²) in [5.41, 5.74) is 6.29. The van der Waals surface area contributed by atoms with E-state index < -0.39 is 0 Å². The third kappa shape index (κ3) is 2.62. The number of nitrogens with two attached hydrogens (primary N) is 1. The maximum absolute atomic E-state index is 12.3. The van der Waals surface area contributed by atoms with Gasteiger partial charge >= 0.3 is 5.97 Å². The van der Waals surface area contributed by atoms with Gasteiger partial charge in [0.15, 0.2) is 0 Å². The fourth-order valence-electron chi connectivity index (χ4n) is 2.20. The zero-order chi connectivity index (χ0) is 14.0. The summed E-state index contributed by atoms with van der Waals surface area (Å²) in [5.74, 6) is -0.882. The molecule has 0 aromatic heterocycles. The van der Waals surface area contributed by atoms with Crippen LogP contribution in [0.15, 0.2) is 18.2 Å². The van der Waals surface area contributed by atoms with Crippen molar-refractivity contribution in [1.29, 1.82) is 0 Å². The quantitative estimate of drug-likeness (QED) is 0.464. The lowest BCUT2D eigenvalue weighted by molar-refractivity contribution is -0.144. The van der Waals surface area contributed by atoms with E-state index in [0.717, 1.165) is 0 Å².